The fourth-order valence-electron chi connectivity index (χ4n) is 4.28. The minimum atomic E-state index is -0.114. The maximum absolute atomic E-state index is 12.5. The van der Waals surface area contributed by atoms with Crippen molar-refractivity contribution >= 4 is 11.9 Å². The molecule has 1 atom stereocenters. The number of carbonyl (C=O) groups is 2. The first-order chi connectivity index (χ1) is 13.6. The lowest BCUT2D eigenvalue weighted by Gasteiger charge is -2.25. The molecule has 1 aliphatic carbocycles. The van der Waals surface area contributed by atoms with Gasteiger partial charge in [-0.15, -0.1) is 0 Å². The first kappa shape index (κ1) is 20.5. The van der Waals surface area contributed by atoms with E-state index in [-0.39, 0.29) is 17.9 Å². The molecule has 0 radical (unpaired) electrons. The number of nitrogens with one attached hydrogen (secondary N) is 1. The maximum atomic E-state index is 12.5. The van der Waals surface area contributed by atoms with Gasteiger partial charge in [-0.3, -0.25) is 4.79 Å². The molecule has 0 aromatic heterocycles. The number of amides is 3. The van der Waals surface area contributed by atoms with Crippen LogP contribution in [0, 0.1) is 5.92 Å². The maximum Gasteiger partial charge on any atom is 0.317 e. The standard InChI is InChI=1S/C22H33N3O3/c1-3-12-28-20-11-7-4-8-18(20)14-23-22(27)24(2)15-17-13-21(26)25(16-17)19-9-5-6-10-19/h4,7-8,11,17,19H,3,5-6,9-10,12-16H2,1-2H3,(H,23,27)/t17-/m1/s1. The molecule has 6 nitrogen and oxygen atoms in total. The third-order valence-corrected chi connectivity index (χ3v) is 5.75. The van der Waals surface area contributed by atoms with E-state index in [0.717, 1.165) is 37.1 Å². The van der Waals surface area contributed by atoms with Crippen molar-refractivity contribution in [2.75, 3.05) is 26.7 Å². The lowest BCUT2D eigenvalue weighted by atomic mass is 10.1. The van der Waals surface area contributed by atoms with E-state index in [9.17, 15) is 9.59 Å². The monoisotopic (exact) mass is 387 g/mol. The second-order valence-corrected chi connectivity index (χ2v) is 8.05. The number of urea groups is 1. The number of likely N-dealkylation sites (tertiary alicyclic amines) is 1. The Hall–Kier alpha value is -2.24. The van der Waals surface area contributed by atoms with E-state index in [4.69, 9.17) is 4.74 Å². The number of ether oxygens (including phenoxy) is 1. The smallest absolute Gasteiger partial charge is 0.317 e. The van der Waals surface area contributed by atoms with Crippen LogP contribution in [0.1, 0.15) is 51.0 Å². The molecule has 6 heteroatoms. The van der Waals surface area contributed by atoms with Gasteiger partial charge >= 0.3 is 6.03 Å². The van der Waals surface area contributed by atoms with Gasteiger partial charge in [0.1, 0.15) is 5.75 Å². The molecule has 1 aliphatic heterocycles. The van der Waals surface area contributed by atoms with Gasteiger partial charge in [0.25, 0.3) is 0 Å². The zero-order chi connectivity index (χ0) is 19.9. The van der Waals surface area contributed by atoms with Crippen molar-refractivity contribution in [2.45, 2.75) is 58.0 Å². The second kappa shape index (κ2) is 9.80. The summed E-state index contributed by atoms with van der Waals surface area (Å²) in [5, 5.41) is 2.98. The van der Waals surface area contributed by atoms with Crippen molar-refractivity contribution in [1.82, 2.24) is 15.1 Å². The third kappa shape index (κ3) is 5.18. The van der Waals surface area contributed by atoms with E-state index in [1.54, 1.807) is 11.9 Å². The summed E-state index contributed by atoms with van der Waals surface area (Å²) in [6.45, 7) is 4.56. The number of nitrogens with zero attached hydrogens (tertiary/aromatic N) is 2. The van der Waals surface area contributed by atoms with Crippen molar-refractivity contribution in [2.24, 2.45) is 5.92 Å². The summed E-state index contributed by atoms with van der Waals surface area (Å²) in [6, 6.07) is 8.11. The third-order valence-electron chi connectivity index (χ3n) is 5.75. The van der Waals surface area contributed by atoms with Gasteiger partial charge in [0.15, 0.2) is 0 Å². The summed E-state index contributed by atoms with van der Waals surface area (Å²) in [5.41, 5.74) is 0.973. The van der Waals surface area contributed by atoms with Gasteiger partial charge < -0.3 is 19.9 Å². The van der Waals surface area contributed by atoms with Crippen LogP contribution in [0.25, 0.3) is 0 Å². The van der Waals surface area contributed by atoms with E-state index in [2.05, 4.69) is 17.1 Å². The summed E-state index contributed by atoms with van der Waals surface area (Å²) in [6.07, 6.45) is 6.22. The van der Waals surface area contributed by atoms with Crippen LogP contribution in [0.5, 0.6) is 5.75 Å². The molecule has 0 spiro atoms. The Labute approximate surface area is 168 Å². The van der Waals surface area contributed by atoms with Crippen LogP contribution in [0.4, 0.5) is 4.79 Å². The largest absolute Gasteiger partial charge is 0.493 e. The molecule has 1 saturated heterocycles. The molecule has 3 amide bonds. The van der Waals surface area contributed by atoms with E-state index in [1.807, 2.05) is 24.3 Å². The summed E-state index contributed by atoms with van der Waals surface area (Å²) < 4.78 is 5.75. The molecule has 1 saturated carbocycles. The first-order valence-corrected chi connectivity index (χ1v) is 10.6. The van der Waals surface area contributed by atoms with E-state index in [1.165, 1.54) is 12.8 Å². The number of benzene rings is 1. The quantitative estimate of drug-likeness (QED) is 0.744. The van der Waals surface area contributed by atoms with Crippen LogP contribution in [0.15, 0.2) is 24.3 Å². The van der Waals surface area contributed by atoms with E-state index in [0.29, 0.717) is 32.2 Å². The molecule has 1 heterocycles. The van der Waals surface area contributed by atoms with E-state index >= 15 is 0 Å². The van der Waals surface area contributed by atoms with Crippen LogP contribution in [0.3, 0.4) is 0 Å². The predicted octanol–water partition coefficient (Wildman–Crippen LogP) is 3.41. The normalized spacial score (nSPS) is 19.9. The second-order valence-electron chi connectivity index (χ2n) is 8.05. The Morgan fingerprint density at radius 2 is 2.04 bits per heavy atom. The number of para-hydroxylation sites is 1. The van der Waals surface area contributed by atoms with Gasteiger partial charge in [0.2, 0.25) is 5.91 Å². The summed E-state index contributed by atoms with van der Waals surface area (Å²) in [5.74, 6) is 1.30. The molecule has 3 rings (SSSR count). The molecular weight excluding hydrogens is 354 g/mol. The molecule has 1 aromatic rings. The van der Waals surface area contributed by atoms with Crippen LogP contribution in [-0.2, 0) is 11.3 Å². The molecular formula is C22H33N3O3. The molecule has 0 bridgehead atoms. The highest BCUT2D eigenvalue weighted by Crippen LogP contribution is 2.29. The zero-order valence-electron chi connectivity index (χ0n) is 17.2. The molecule has 2 aliphatic rings. The van der Waals surface area contributed by atoms with Gasteiger partial charge in [0, 0.05) is 50.6 Å². The Balaban J connectivity index is 1.47. The first-order valence-electron chi connectivity index (χ1n) is 10.6. The lowest BCUT2D eigenvalue weighted by Crippen LogP contribution is -2.40. The van der Waals surface area contributed by atoms with Gasteiger partial charge in [-0.2, -0.15) is 0 Å². The summed E-state index contributed by atoms with van der Waals surface area (Å²) >= 11 is 0. The SMILES string of the molecule is CCCOc1ccccc1CNC(=O)N(C)C[C@H]1CC(=O)N(C2CCCC2)C1. The fraction of sp³-hybridized carbons (Fsp3) is 0.636. The lowest BCUT2D eigenvalue weighted by molar-refractivity contribution is -0.129. The number of hydrogen-bond donors (Lipinski definition) is 1. The minimum Gasteiger partial charge on any atom is -0.493 e. The Morgan fingerprint density at radius 1 is 1.29 bits per heavy atom. The van der Waals surface area contributed by atoms with Crippen molar-refractivity contribution in [3.63, 3.8) is 0 Å². The molecule has 28 heavy (non-hydrogen) atoms. The highest BCUT2D eigenvalue weighted by molar-refractivity contribution is 5.79. The highest BCUT2D eigenvalue weighted by Gasteiger charge is 2.36. The van der Waals surface area contributed by atoms with Crippen LogP contribution >= 0.6 is 0 Å². The van der Waals surface area contributed by atoms with Crippen LogP contribution < -0.4 is 10.1 Å². The van der Waals surface area contributed by atoms with Gasteiger partial charge in [-0.05, 0) is 25.3 Å². The fourth-order valence-corrected chi connectivity index (χ4v) is 4.28. The molecule has 1 aromatic carbocycles. The van der Waals surface area contributed by atoms with Crippen LogP contribution in [-0.4, -0.2) is 54.5 Å². The Bertz CT molecular complexity index is 673. The number of carbonyl (C=O) groups excluding carboxylic acids is 2. The van der Waals surface area contributed by atoms with Crippen molar-refractivity contribution < 1.29 is 14.3 Å². The van der Waals surface area contributed by atoms with Gasteiger partial charge in [-0.25, -0.2) is 4.79 Å². The van der Waals surface area contributed by atoms with Crippen molar-refractivity contribution in [3.8, 4) is 5.75 Å². The summed E-state index contributed by atoms with van der Waals surface area (Å²) in [4.78, 5) is 28.6. The van der Waals surface area contributed by atoms with Gasteiger partial charge in [-0.1, -0.05) is 38.0 Å². The Morgan fingerprint density at radius 3 is 2.79 bits per heavy atom. The average molecular weight is 388 g/mol. The zero-order valence-corrected chi connectivity index (χ0v) is 17.2. The number of hydrogen-bond acceptors (Lipinski definition) is 3. The predicted molar refractivity (Wildman–Crippen MR) is 109 cm³/mol. The summed E-state index contributed by atoms with van der Waals surface area (Å²) in [7, 11) is 1.80. The molecule has 154 valence electrons. The highest BCUT2D eigenvalue weighted by atomic mass is 16.5. The average Bonchev–Trinajstić information content (AvgIpc) is 3.34. The van der Waals surface area contributed by atoms with Crippen molar-refractivity contribution in [3.05, 3.63) is 29.8 Å². The van der Waals surface area contributed by atoms with Gasteiger partial charge in [0.05, 0.1) is 6.61 Å². The number of rotatable bonds is 8. The van der Waals surface area contributed by atoms with Crippen molar-refractivity contribution in [1.29, 1.82) is 0 Å². The van der Waals surface area contributed by atoms with Crippen LogP contribution in [0.2, 0.25) is 0 Å². The topological polar surface area (TPSA) is 61.9 Å². The molecule has 0 unspecified atom stereocenters. The van der Waals surface area contributed by atoms with E-state index < -0.39 is 0 Å². The minimum absolute atomic E-state index is 0.114. The molecule has 2 fully saturated rings. The Kier molecular flexibility index (Phi) is 7.18. The molecule has 1 N–H and O–H groups in total.